The van der Waals surface area contributed by atoms with E-state index in [1.54, 1.807) is 0 Å². The molecule has 1 rings (SSSR count). The number of hydrogen-bond donors (Lipinski definition) is 2. The van der Waals surface area contributed by atoms with Crippen LogP contribution in [0.2, 0.25) is 0 Å². The van der Waals surface area contributed by atoms with Gasteiger partial charge in [0.2, 0.25) is 5.91 Å². The van der Waals surface area contributed by atoms with Crippen LogP contribution in [-0.4, -0.2) is 26.1 Å². The van der Waals surface area contributed by atoms with E-state index in [9.17, 15) is 4.79 Å². The number of nitrogens with one attached hydrogen (secondary N) is 2. The zero-order valence-corrected chi connectivity index (χ0v) is 10.6. The molecule has 4 heteroatoms. The van der Waals surface area contributed by atoms with Gasteiger partial charge in [-0.3, -0.25) is 4.79 Å². The Morgan fingerprint density at radius 2 is 2.00 bits per heavy atom. The summed E-state index contributed by atoms with van der Waals surface area (Å²) in [5.74, 6) is 0.781. The summed E-state index contributed by atoms with van der Waals surface area (Å²) in [6.07, 6.45) is 0. The molecule has 0 aliphatic carbocycles. The van der Waals surface area contributed by atoms with Gasteiger partial charge in [-0.2, -0.15) is 0 Å². The van der Waals surface area contributed by atoms with Gasteiger partial charge in [0.15, 0.2) is 0 Å². The van der Waals surface area contributed by atoms with Gasteiger partial charge in [0.1, 0.15) is 5.75 Å². The topological polar surface area (TPSA) is 50.4 Å². The Hall–Kier alpha value is -1.55. The Morgan fingerprint density at radius 3 is 2.53 bits per heavy atom. The van der Waals surface area contributed by atoms with Crippen molar-refractivity contribution in [3.63, 3.8) is 0 Å². The maximum Gasteiger partial charge on any atom is 0.228 e. The van der Waals surface area contributed by atoms with Gasteiger partial charge in [-0.15, -0.1) is 0 Å². The van der Waals surface area contributed by atoms with Crippen LogP contribution in [-0.2, 0) is 4.79 Å². The third-order valence-electron chi connectivity index (χ3n) is 2.39. The first-order valence-corrected chi connectivity index (χ1v) is 5.85. The summed E-state index contributed by atoms with van der Waals surface area (Å²) >= 11 is 0. The van der Waals surface area contributed by atoms with Gasteiger partial charge in [0.05, 0.1) is 6.61 Å². The monoisotopic (exact) mass is 236 g/mol. The second-order valence-corrected chi connectivity index (χ2v) is 3.91. The number of ether oxygens (including phenoxy) is 1. The lowest BCUT2D eigenvalue weighted by Crippen LogP contribution is -2.28. The number of anilines is 1. The fourth-order valence-electron chi connectivity index (χ4n) is 1.47. The minimum absolute atomic E-state index is 0.0171. The normalized spacial score (nSPS) is 11.9. The van der Waals surface area contributed by atoms with Crippen LogP contribution < -0.4 is 15.4 Å². The fourth-order valence-corrected chi connectivity index (χ4v) is 1.47. The van der Waals surface area contributed by atoms with Gasteiger partial charge in [-0.05, 0) is 38.2 Å². The van der Waals surface area contributed by atoms with Crippen molar-refractivity contribution >= 4 is 11.6 Å². The molecule has 4 nitrogen and oxygen atoms in total. The number of carbonyl (C=O) groups is 1. The van der Waals surface area contributed by atoms with Gasteiger partial charge in [-0.1, -0.05) is 6.92 Å². The summed E-state index contributed by atoms with van der Waals surface area (Å²) in [5.41, 5.74) is 0.793. The molecule has 0 bridgehead atoms. The first-order valence-electron chi connectivity index (χ1n) is 5.85. The van der Waals surface area contributed by atoms with Gasteiger partial charge in [0, 0.05) is 18.2 Å². The molecule has 1 aromatic rings. The molecule has 0 fully saturated rings. The minimum Gasteiger partial charge on any atom is -0.494 e. The van der Waals surface area contributed by atoms with E-state index in [1.807, 2.05) is 45.2 Å². The van der Waals surface area contributed by atoms with E-state index in [0.717, 1.165) is 11.4 Å². The molecular formula is C13H20N2O2. The molecule has 1 aromatic carbocycles. The van der Waals surface area contributed by atoms with Gasteiger partial charge < -0.3 is 15.4 Å². The molecule has 0 saturated heterocycles. The molecule has 0 spiro atoms. The van der Waals surface area contributed by atoms with Gasteiger partial charge in [-0.25, -0.2) is 0 Å². The molecule has 0 aliphatic rings. The lowest BCUT2D eigenvalue weighted by Gasteiger charge is -2.12. The van der Waals surface area contributed by atoms with Gasteiger partial charge >= 0.3 is 0 Å². The molecular weight excluding hydrogens is 216 g/mol. The van der Waals surface area contributed by atoms with E-state index in [1.165, 1.54) is 0 Å². The van der Waals surface area contributed by atoms with Crippen LogP contribution in [0.3, 0.4) is 0 Å². The number of rotatable bonds is 6. The van der Waals surface area contributed by atoms with Crippen LogP contribution >= 0.6 is 0 Å². The summed E-state index contributed by atoms with van der Waals surface area (Å²) in [5, 5.41) is 5.84. The van der Waals surface area contributed by atoms with Crippen molar-refractivity contribution < 1.29 is 9.53 Å². The predicted molar refractivity (Wildman–Crippen MR) is 69.3 cm³/mol. The molecule has 2 N–H and O–H groups in total. The third-order valence-corrected chi connectivity index (χ3v) is 2.39. The fraction of sp³-hybridized carbons (Fsp3) is 0.462. The van der Waals surface area contributed by atoms with E-state index in [4.69, 9.17) is 4.74 Å². The smallest absolute Gasteiger partial charge is 0.228 e. The van der Waals surface area contributed by atoms with E-state index < -0.39 is 0 Å². The number of amides is 1. The third kappa shape index (κ3) is 4.44. The predicted octanol–water partition coefficient (Wildman–Crippen LogP) is 1.88. The largest absolute Gasteiger partial charge is 0.494 e. The van der Waals surface area contributed by atoms with Crippen LogP contribution in [0, 0.1) is 5.92 Å². The van der Waals surface area contributed by atoms with Crippen molar-refractivity contribution in [2.24, 2.45) is 5.92 Å². The van der Waals surface area contributed by atoms with Gasteiger partial charge in [0.25, 0.3) is 0 Å². The summed E-state index contributed by atoms with van der Waals surface area (Å²) < 4.78 is 5.33. The minimum atomic E-state index is -0.0495. The summed E-state index contributed by atoms with van der Waals surface area (Å²) in [4.78, 5) is 11.7. The quantitative estimate of drug-likeness (QED) is 0.793. The van der Waals surface area contributed by atoms with Crippen molar-refractivity contribution in [2.75, 3.05) is 25.5 Å². The molecule has 94 valence electrons. The number of carbonyl (C=O) groups excluding carboxylic acids is 1. The van der Waals surface area contributed by atoms with Crippen molar-refractivity contribution in [3.8, 4) is 5.75 Å². The van der Waals surface area contributed by atoms with E-state index in [0.29, 0.717) is 13.2 Å². The van der Waals surface area contributed by atoms with Crippen molar-refractivity contribution in [2.45, 2.75) is 13.8 Å². The molecule has 0 heterocycles. The molecule has 0 aliphatic heterocycles. The standard InChI is InChI=1S/C13H20N2O2/c1-4-17-12-7-5-11(6-8-12)15-13(16)10(2)9-14-3/h5-8,10,14H,4,9H2,1-3H3,(H,15,16). The second-order valence-electron chi connectivity index (χ2n) is 3.91. The zero-order valence-electron chi connectivity index (χ0n) is 10.6. The molecule has 1 atom stereocenters. The van der Waals surface area contributed by atoms with E-state index >= 15 is 0 Å². The lowest BCUT2D eigenvalue weighted by molar-refractivity contribution is -0.119. The van der Waals surface area contributed by atoms with Crippen molar-refractivity contribution in [3.05, 3.63) is 24.3 Å². The highest BCUT2D eigenvalue weighted by Gasteiger charge is 2.11. The lowest BCUT2D eigenvalue weighted by atomic mass is 10.1. The van der Waals surface area contributed by atoms with E-state index in [-0.39, 0.29) is 11.8 Å². The van der Waals surface area contributed by atoms with Crippen molar-refractivity contribution in [1.82, 2.24) is 5.32 Å². The molecule has 1 unspecified atom stereocenters. The highest BCUT2D eigenvalue weighted by molar-refractivity contribution is 5.92. The Kier molecular flexibility index (Phi) is 5.49. The van der Waals surface area contributed by atoms with Crippen molar-refractivity contribution in [1.29, 1.82) is 0 Å². The Morgan fingerprint density at radius 1 is 1.35 bits per heavy atom. The molecule has 0 saturated carbocycles. The first kappa shape index (κ1) is 13.5. The average Bonchev–Trinajstić information content (AvgIpc) is 2.32. The van der Waals surface area contributed by atoms with Crippen LogP contribution in [0.5, 0.6) is 5.75 Å². The Balaban J connectivity index is 2.53. The van der Waals surface area contributed by atoms with Crippen LogP contribution in [0.4, 0.5) is 5.69 Å². The summed E-state index contributed by atoms with van der Waals surface area (Å²) in [6.45, 7) is 5.14. The zero-order chi connectivity index (χ0) is 12.7. The summed E-state index contributed by atoms with van der Waals surface area (Å²) in [6, 6.07) is 7.38. The molecule has 17 heavy (non-hydrogen) atoms. The molecule has 0 radical (unpaired) electrons. The number of hydrogen-bond acceptors (Lipinski definition) is 3. The maximum absolute atomic E-state index is 11.7. The van der Waals surface area contributed by atoms with Crippen LogP contribution in [0.25, 0.3) is 0 Å². The highest BCUT2D eigenvalue weighted by atomic mass is 16.5. The SMILES string of the molecule is CCOc1ccc(NC(=O)C(C)CNC)cc1. The summed E-state index contributed by atoms with van der Waals surface area (Å²) in [7, 11) is 1.83. The molecule has 1 amide bonds. The number of benzene rings is 1. The average molecular weight is 236 g/mol. The second kappa shape index (κ2) is 6.91. The van der Waals surface area contributed by atoms with E-state index in [2.05, 4.69) is 10.6 Å². The first-order chi connectivity index (χ1) is 8.17. The van der Waals surface area contributed by atoms with Crippen LogP contribution in [0.15, 0.2) is 24.3 Å². The Bertz CT molecular complexity index is 349. The molecule has 0 aromatic heterocycles. The highest BCUT2D eigenvalue weighted by Crippen LogP contribution is 2.16. The maximum atomic E-state index is 11.7. The van der Waals surface area contributed by atoms with Crippen LogP contribution in [0.1, 0.15) is 13.8 Å². The Labute approximate surface area is 102 Å².